The standard InChI is InChI=1S/C14H22N4O2/c1-4-18-7-5-11(6-8-18)17(3)14-15-9-12(13(19)20)10(2)16-14/h9,11H,4-8H2,1-3H3,(H,19,20). The fourth-order valence-corrected chi connectivity index (χ4v) is 2.62. The van der Waals surface area contributed by atoms with Crippen LogP contribution in [0.15, 0.2) is 6.20 Å². The maximum absolute atomic E-state index is 11.0. The van der Waals surface area contributed by atoms with Gasteiger partial charge in [0, 0.05) is 32.4 Å². The van der Waals surface area contributed by atoms with Crippen LogP contribution >= 0.6 is 0 Å². The van der Waals surface area contributed by atoms with E-state index >= 15 is 0 Å². The van der Waals surface area contributed by atoms with Crippen molar-refractivity contribution in [3.05, 3.63) is 17.5 Å². The molecular formula is C14H22N4O2. The molecule has 6 nitrogen and oxygen atoms in total. The number of anilines is 1. The maximum atomic E-state index is 11.0. The first-order valence-electron chi connectivity index (χ1n) is 7.05. The number of hydrogen-bond acceptors (Lipinski definition) is 5. The van der Waals surface area contributed by atoms with Gasteiger partial charge in [0.15, 0.2) is 0 Å². The zero-order valence-electron chi connectivity index (χ0n) is 12.3. The Morgan fingerprint density at radius 1 is 1.50 bits per heavy atom. The Kier molecular flexibility index (Phi) is 4.54. The molecular weight excluding hydrogens is 256 g/mol. The maximum Gasteiger partial charge on any atom is 0.339 e. The van der Waals surface area contributed by atoms with Crippen molar-refractivity contribution in [3.8, 4) is 0 Å². The van der Waals surface area contributed by atoms with E-state index in [4.69, 9.17) is 5.11 Å². The number of nitrogens with zero attached hydrogens (tertiary/aromatic N) is 4. The first-order chi connectivity index (χ1) is 9.52. The SMILES string of the molecule is CCN1CCC(N(C)c2ncc(C(=O)O)c(C)n2)CC1. The van der Waals surface area contributed by atoms with Gasteiger partial charge in [0.2, 0.25) is 5.95 Å². The van der Waals surface area contributed by atoms with Crippen LogP contribution in [-0.2, 0) is 0 Å². The molecule has 0 spiro atoms. The lowest BCUT2D eigenvalue weighted by Crippen LogP contribution is -2.43. The van der Waals surface area contributed by atoms with Crippen LogP contribution in [0.3, 0.4) is 0 Å². The van der Waals surface area contributed by atoms with Crippen molar-refractivity contribution in [2.75, 3.05) is 31.6 Å². The average Bonchev–Trinajstić information content (AvgIpc) is 2.46. The Hall–Kier alpha value is -1.69. The second-order valence-electron chi connectivity index (χ2n) is 5.25. The Morgan fingerprint density at radius 2 is 2.15 bits per heavy atom. The third kappa shape index (κ3) is 3.07. The van der Waals surface area contributed by atoms with Crippen LogP contribution in [0.5, 0.6) is 0 Å². The van der Waals surface area contributed by atoms with E-state index in [1.165, 1.54) is 6.20 Å². The van der Waals surface area contributed by atoms with E-state index < -0.39 is 5.97 Å². The van der Waals surface area contributed by atoms with Gasteiger partial charge in [-0.15, -0.1) is 0 Å². The van der Waals surface area contributed by atoms with Gasteiger partial charge in [0.25, 0.3) is 0 Å². The number of likely N-dealkylation sites (tertiary alicyclic amines) is 1. The Balaban J connectivity index is 2.08. The molecule has 2 heterocycles. The highest BCUT2D eigenvalue weighted by atomic mass is 16.4. The molecule has 110 valence electrons. The van der Waals surface area contributed by atoms with E-state index in [0.717, 1.165) is 32.5 Å². The number of rotatable bonds is 4. The summed E-state index contributed by atoms with van der Waals surface area (Å²) >= 11 is 0. The largest absolute Gasteiger partial charge is 0.478 e. The number of hydrogen-bond donors (Lipinski definition) is 1. The monoisotopic (exact) mass is 278 g/mol. The molecule has 1 saturated heterocycles. The van der Waals surface area contributed by atoms with Crippen LogP contribution in [0.1, 0.15) is 35.8 Å². The molecule has 0 saturated carbocycles. The number of carboxylic acid groups (broad SMARTS) is 1. The molecule has 6 heteroatoms. The van der Waals surface area contributed by atoms with Gasteiger partial charge in [0.1, 0.15) is 0 Å². The van der Waals surface area contributed by atoms with Crippen LogP contribution < -0.4 is 4.90 Å². The number of aromatic carboxylic acids is 1. The molecule has 0 aromatic carbocycles. The molecule has 0 amide bonds. The highest BCUT2D eigenvalue weighted by Gasteiger charge is 2.23. The molecule has 1 aromatic rings. The number of piperidine rings is 1. The molecule has 0 radical (unpaired) electrons. The second-order valence-corrected chi connectivity index (χ2v) is 5.25. The first-order valence-corrected chi connectivity index (χ1v) is 7.05. The van der Waals surface area contributed by atoms with E-state index in [1.807, 2.05) is 7.05 Å². The van der Waals surface area contributed by atoms with E-state index in [9.17, 15) is 4.79 Å². The smallest absolute Gasteiger partial charge is 0.339 e. The molecule has 20 heavy (non-hydrogen) atoms. The summed E-state index contributed by atoms with van der Waals surface area (Å²) in [5.74, 6) is -0.365. The predicted octanol–water partition coefficient (Wildman–Crippen LogP) is 1.40. The summed E-state index contributed by atoms with van der Waals surface area (Å²) in [6, 6.07) is 0.424. The molecule has 1 aliphatic rings. The van der Waals surface area contributed by atoms with Gasteiger partial charge in [-0.3, -0.25) is 0 Å². The van der Waals surface area contributed by atoms with Crippen molar-refractivity contribution in [2.24, 2.45) is 0 Å². The third-order valence-corrected chi connectivity index (χ3v) is 4.06. The summed E-state index contributed by atoms with van der Waals surface area (Å²) in [5.41, 5.74) is 0.684. The number of carbonyl (C=O) groups is 1. The second kappa shape index (κ2) is 6.17. The highest BCUT2D eigenvalue weighted by Crippen LogP contribution is 2.19. The third-order valence-electron chi connectivity index (χ3n) is 4.06. The molecule has 1 aliphatic heterocycles. The minimum absolute atomic E-state index is 0.169. The molecule has 0 bridgehead atoms. The summed E-state index contributed by atoms with van der Waals surface area (Å²) in [6.45, 7) is 7.18. The van der Waals surface area contributed by atoms with Crippen LogP contribution in [0.4, 0.5) is 5.95 Å². The molecule has 0 aliphatic carbocycles. The normalized spacial score (nSPS) is 17.1. The van der Waals surface area contributed by atoms with Crippen LogP contribution in [0.2, 0.25) is 0 Å². The molecule has 1 fully saturated rings. The van der Waals surface area contributed by atoms with Crippen molar-refractivity contribution in [2.45, 2.75) is 32.7 Å². The summed E-state index contributed by atoms with van der Waals surface area (Å²) in [7, 11) is 1.99. The van der Waals surface area contributed by atoms with Crippen molar-refractivity contribution < 1.29 is 9.90 Å². The zero-order valence-corrected chi connectivity index (χ0v) is 12.3. The molecule has 1 N–H and O–H groups in total. The summed E-state index contributed by atoms with van der Waals surface area (Å²) in [4.78, 5) is 24.0. The van der Waals surface area contributed by atoms with E-state index in [0.29, 0.717) is 17.7 Å². The van der Waals surface area contributed by atoms with Crippen LogP contribution in [0, 0.1) is 6.92 Å². The van der Waals surface area contributed by atoms with Gasteiger partial charge in [-0.25, -0.2) is 14.8 Å². The Labute approximate surface area is 119 Å². The topological polar surface area (TPSA) is 69.6 Å². The predicted molar refractivity (Wildman–Crippen MR) is 77.3 cm³/mol. The van der Waals surface area contributed by atoms with Gasteiger partial charge in [0.05, 0.1) is 11.3 Å². The van der Waals surface area contributed by atoms with E-state index in [-0.39, 0.29) is 5.56 Å². The minimum atomic E-state index is -0.979. The lowest BCUT2D eigenvalue weighted by molar-refractivity contribution is 0.0695. The Morgan fingerprint density at radius 3 is 2.65 bits per heavy atom. The Bertz CT molecular complexity index is 484. The lowest BCUT2D eigenvalue weighted by Gasteiger charge is -2.36. The first kappa shape index (κ1) is 14.7. The minimum Gasteiger partial charge on any atom is -0.478 e. The number of aryl methyl sites for hydroxylation is 1. The van der Waals surface area contributed by atoms with Crippen molar-refractivity contribution >= 4 is 11.9 Å². The highest BCUT2D eigenvalue weighted by molar-refractivity contribution is 5.88. The van der Waals surface area contributed by atoms with Crippen molar-refractivity contribution in [1.29, 1.82) is 0 Å². The van der Waals surface area contributed by atoms with E-state index in [2.05, 4.69) is 26.7 Å². The average molecular weight is 278 g/mol. The van der Waals surface area contributed by atoms with Crippen molar-refractivity contribution in [1.82, 2.24) is 14.9 Å². The summed E-state index contributed by atoms with van der Waals surface area (Å²) in [5, 5.41) is 9.00. The van der Waals surface area contributed by atoms with Gasteiger partial charge in [-0.2, -0.15) is 0 Å². The van der Waals surface area contributed by atoms with Crippen LogP contribution in [0.25, 0.3) is 0 Å². The van der Waals surface area contributed by atoms with Crippen molar-refractivity contribution in [3.63, 3.8) is 0 Å². The molecule has 0 unspecified atom stereocenters. The van der Waals surface area contributed by atoms with Gasteiger partial charge in [-0.1, -0.05) is 6.92 Å². The molecule has 1 aromatic heterocycles. The quantitative estimate of drug-likeness (QED) is 0.898. The summed E-state index contributed by atoms with van der Waals surface area (Å²) < 4.78 is 0. The zero-order chi connectivity index (χ0) is 14.7. The van der Waals surface area contributed by atoms with E-state index in [1.54, 1.807) is 6.92 Å². The number of carboxylic acids is 1. The van der Waals surface area contributed by atoms with Gasteiger partial charge >= 0.3 is 5.97 Å². The number of aromatic nitrogens is 2. The fourth-order valence-electron chi connectivity index (χ4n) is 2.62. The van der Waals surface area contributed by atoms with Crippen LogP contribution in [-0.4, -0.2) is 58.7 Å². The summed E-state index contributed by atoms with van der Waals surface area (Å²) in [6.07, 6.45) is 3.58. The van der Waals surface area contributed by atoms with Gasteiger partial charge < -0.3 is 14.9 Å². The van der Waals surface area contributed by atoms with Gasteiger partial charge in [-0.05, 0) is 26.3 Å². The molecule has 2 rings (SSSR count). The molecule has 0 atom stereocenters. The lowest BCUT2D eigenvalue weighted by atomic mass is 10.0. The fraction of sp³-hybridized carbons (Fsp3) is 0.643.